The van der Waals surface area contributed by atoms with E-state index in [1.165, 1.54) is 16.0 Å². The summed E-state index contributed by atoms with van der Waals surface area (Å²) in [5, 5.41) is 14.5. The summed E-state index contributed by atoms with van der Waals surface area (Å²) in [6, 6.07) is 6.31. The van der Waals surface area contributed by atoms with Crippen LogP contribution < -0.4 is 5.32 Å². The summed E-state index contributed by atoms with van der Waals surface area (Å²) in [6.07, 6.45) is 0. The normalized spacial score (nSPS) is 10.6. The van der Waals surface area contributed by atoms with Gasteiger partial charge in [-0.25, -0.2) is 0 Å². The number of aryl methyl sites for hydroxylation is 1. The van der Waals surface area contributed by atoms with Crippen LogP contribution in [0, 0.1) is 25.2 Å². The molecule has 0 saturated heterocycles. The molecule has 0 aromatic carbocycles. The lowest BCUT2D eigenvalue weighted by molar-refractivity contribution is 0.692. The van der Waals surface area contributed by atoms with E-state index in [2.05, 4.69) is 29.8 Å². The Morgan fingerprint density at radius 3 is 2.72 bits per heavy atom. The number of rotatable bonds is 4. The first kappa shape index (κ1) is 12.9. The van der Waals surface area contributed by atoms with Crippen molar-refractivity contribution < 1.29 is 0 Å². The van der Waals surface area contributed by atoms with Crippen molar-refractivity contribution in [3.8, 4) is 6.07 Å². The number of nitrogens with one attached hydrogen (secondary N) is 1. The monoisotopic (exact) mass is 259 g/mol. The Balaban J connectivity index is 1.99. The van der Waals surface area contributed by atoms with Crippen molar-refractivity contribution in [2.75, 3.05) is 0 Å². The first-order valence-electron chi connectivity index (χ1n) is 5.92. The third kappa shape index (κ3) is 2.47. The van der Waals surface area contributed by atoms with Gasteiger partial charge in [0.2, 0.25) is 0 Å². The molecule has 2 aromatic heterocycles. The standard InChI is InChI=1S/C14H17N3S/c1-10-4-5-18-14(10)9-16-8-12-6-13(7-15)17(3)11(12)2/h4-6,16H,8-9H2,1-3H3. The molecule has 0 unspecified atom stereocenters. The molecule has 0 fully saturated rings. The number of aromatic nitrogens is 1. The van der Waals surface area contributed by atoms with Crippen LogP contribution in [0.1, 0.15) is 27.4 Å². The summed E-state index contributed by atoms with van der Waals surface area (Å²) in [5.41, 5.74) is 4.41. The van der Waals surface area contributed by atoms with Crippen molar-refractivity contribution >= 4 is 11.3 Å². The lowest BCUT2D eigenvalue weighted by Crippen LogP contribution is -2.12. The lowest BCUT2D eigenvalue weighted by Gasteiger charge is -2.05. The highest BCUT2D eigenvalue weighted by Gasteiger charge is 2.08. The van der Waals surface area contributed by atoms with Crippen molar-refractivity contribution in [2.24, 2.45) is 7.05 Å². The minimum atomic E-state index is 0.719. The molecule has 2 heterocycles. The van der Waals surface area contributed by atoms with Crippen molar-refractivity contribution in [3.05, 3.63) is 44.9 Å². The van der Waals surface area contributed by atoms with Gasteiger partial charge in [0.15, 0.2) is 0 Å². The van der Waals surface area contributed by atoms with Crippen LogP contribution in [-0.4, -0.2) is 4.57 Å². The molecular weight excluding hydrogens is 242 g/mol. The zero-order valence-electron chi connectivity index (χ0n) is 10.9. The highest BCUT2D eigenvalue weighted by molar-refractivity contribution is 7.10. The summed E-state index contributed by atoms with van der Waals surface area (Å²) in [5.74, 6) is 0. The molecular formula is C14H17N3S. The maximum Gasteiger partial charge on any atom is 0.120 e. The molecule has 0 radical (unpaired) electrons. The molecule has 0 aliphatic rings. The van der Waals surface area contributed by atoms with E-state index < -0.39 is 0 Å². The second-order valence-electron chi connectivity index (χ2n) is 4.44. The first-order chi connectivity index (χ1) is 8.63. The number of hydrogen-bond donors (Lipinski definition) is 1. The van der Waals surface area contributed by atoms with E-state index in [-0.39, 0.29) is 0 Å². The largest absolute Gasteiger partial charge is 0.340 e. The minimum Gasteiger partial charge on any atom is -0.340 e. The maximum atomic E-state index is 8.98. The number of hydrogen-bond acceptors (Lipinski definition) is 3. The van der Waals surface area contributed by atoms with Gasteiger partial charge in [0.25, 0.3) is 0 Å². The van der Waals surface area contributed by atoms with Crippen LogP contribution in [0.25, 0.3) is 0 Å². The molecule has 4 heteroatoms. The third-order valence-electron chi connectivity index (χ3n) is 3.32. The van der Waals surface area contributed by atoms with E-state index >= 15 is 0 Å². The van der Waals surface area contributed by atoms with Gasteiger partial charge in [-0.2, -0.15) is 5.26 Å². The van der Waals surface area contributed by atoms with Crippen LogP contribution in [0.4, 0.5) is 0 Å². The molecule has 3 nitrogen and oxygen atoms in total. The van der Waals surface area contributed by atoms with Gasteiger partial charge in [0.05, 0.1) is 0 Å². The second kappa shape index (κ2) is 5.38. The predicted molar refractivity (Wildman–Crippen MR) is 74.5 cm³/mol. The SMILES string of the molecule is Cc1ccsc1CNCc1cc(C#N)n(C)c1C. The molecule has 1 N–H and O–H groups in total. The van der Waals surface area contributed by atoms with E-state index in [0.29, 0.717) is 0 Å². The maximum absolute atomic E-state index is 8.98. The van der Waals surface area contributed by atoms with Gasteiger partial charge in [-0.1, -0.05) is 0 Å². The van der Waals surface area contributed by atoms with E-state index in [0.717, 1.165) is 24.5 Å². The van der Waals surface area contributed by atoms with Gasteiger partial charge in [0, 0.05) is 30.7 Å². The Labute approximate surface area is 112 Å². The highest BCUT2D eigenvalue weighted by atomic mass is 32.1. The third-order valence-corrected chi connectivity index (χ3v) is 4.35. The van der Waals surface area contributed by atoms with Crippen LogP contribution in [0.5, 0.6) is 0 Å². The Morgan fingerprint density at radius 2 is 2.17 bits per heavy atom. The molecule has 94 valence electrons. The number of nitrogens with zero attached hydrogens (tertiary/aromatic N) is 2. The van der Waals surface area contributed by atoms with E-state index in [1.54, 1.807) is 11.3 Å². The summed E-state index contributed by atoms with van der Waals surface area (Å²) in [6.45, 7) is 5.88. The summed E-state index contributed by atoms with van der Waals surface area (Å²) in [4.78, 5) is 1.38. The summed E-state index contributed by atoms with van der Waals surface area (Å²) < 4.78 is 1.94. The zero-order valence-corrected chi connectivity index (χ0v) is 11.8. The van der Waals surface area contributed by atoms with Gasteiger partial charge in [0.1, 0.15) is 11.8 Å². The van der Waals surface area contributed by atoms with Crippen LogP contribution in [0.2, 0.25) is 0 Å². The predicted octanol–water partition coefficient (Wildman–Crippen LogP) is 2.86. The Kier molecular flexibility index (Phi) is 3.85. The van der Waals surface area contributed by atoms with E-state index in [1.807, 2.05) is 24.6 Å². The number of thiophene rings is 1. The lowest BCUT2D eigenvalue weighted by atomic mass is 10.2. The van der Waals surface area contributed by atoms with E-state index in [4.69, 9.17) is 5.26 Å². The first-order valence-corrected chi connectivity index (χ1v) is 6.80. The zero-order chi connectivity index (χ0) is 13.1. The van der Waals surface area contributed by atoms with Gasteiger partial charge < -0.3 is 9.88 Å². The molecule has 2 rings (SSSR count). The molecule has 0 spiro atoms. The Morgan fingerprint density at radius 1 is 1.39 bits per heavy atom. The molecule has 0 saturated carbocycles. The molecule has 0 atom stereocenters. The fraction of sp³-hybridized carbons (Fsp3) is 0.357. The van der Waals surface area contributed by atoms with E-state index in [9.17, 15) is 0 Å². The topological polar surface area (TPSA) is 40.8 Å². The highest BCUT2D eigenvalue weighted by Crippen LogP contribution is 2.16. The molecule has 0 amide bonds. The molecule has 2 aromatic rings. The van der Waals surface area contributed by atoms with Crippen molar-refractivity contribution in [2.45, 2.75) is 26.9 Å². The Bertz CT molecular complexity index is 587. The van der Waals surface area contributed by atoms with Gasteiger partial charge in [-0.15, -0.1) is 11.3 Å². The van der Waals surface area contributed by atoms with Gasteiger partial charge >= 0.3 is 0 Å². The van der Waals surface area contributed by atoms with Crippen molar-refractivity contribution in [1.82, 2.24) is 9.88 Å². The van der Waals surface area contributed by atoms with Crippen LogP contribution in [0.3, 0.4) is 0 Å². The van der Waals surface area contributed by atoms with Gasteiger partial charge in [-0.3, -0.25) is 0 Å². The van der Waals surface area contributed by atoms with Crippen LogP contribution >= 0.6 is 11.3 Å². The quantitative estimate of drug-likeness (QED) is 0.917. The smallest absolute Gasteiger partial charge is 0.120 e. The van der Waals surface area contributed by atoms with Crippen LogP contribution in [-0.2, 0) is 20.1 Å². The minimum absolute atomic E-state index is 0.719. The van der Waals surface area contributed by atoms with Gasteiger partial charge in [-0.05, 0) is 42.5 Å². The molecule has 0 aliphatic heterocycles. The van der Waals surface area contributed by atoms with Crippen LogP contribution in [0.15, 0.2) is 17.5 Å². The van der Waals surface area contributed by atoms with Crippen molar-refractivity contribution in [1.29, 1.82) is 5.26 Å². The molecule has 0 bridgehead atoms. The van der Waals surface area contributed by atoms with Crippen molar-refractivity contribution in [3.63, 3.8) is 0 Å². The molecule has 18 heavy (non-hydrogen) atoms. The average molecular weight is 259 g/mol. The fourth-order valence-electron chi connectivity index (χ4n) is 1.94. The Hall–Kier alpha value is -1.57. The average Bonchev–Trinajstić information content (AvgIpc) is 2.88. The summed E-state index contributed by atoms with van der Waals surface area (Å²) >= 11 is 1.78. The second-order valence-corrected chi connectivity index (χ2v) is 5.44. The molecule has 0 aliphatic carbocycles. The fourth-order valence-corrected chi connectivity index (χ4v) is 2.82. The number of nitriles is 1. The summed E-state index contributed by atoms with van der Waals surface area (Å²) in [7, 11) is 1.93.